The summed E-state index contributed by atoms with van der Waals surface area (Å²) in [7, 11) is 0. The lowest BCUT2D eigenvalue weighted by Gasteiger charge is -2.41. The third-order valence-electron chi connectivity index (χ3n) is 5.18. The first-order chi connectivity index (χ1) is 8.69. The lowest BCUT2D eigenvalue weighted by atomic mass is 9.74. The van der Waals surface area contributed by atoms with Crippen molar-refractivity contribution in [1.29, 1.82) is 0 Å². The molecule has 1 unspecified atom stereocenters. The number of carbonyl (C=O) groups excluding carboxylic acids is 1. The van der Waals surface area contributed by atoms with E-state index < -0.39 is 0 Å². The van der Waals surface area contributed by atoms with Gasteiger partial charge in [0.2, 0.25) is 0 Å². The molecule has 0 amide bonds. The molecule has 18 heavy (non-hydrogen) atoms. The zero-order valence-corrected chi connectivity index (χ0v) is 11.9. The minimum atomic E-state index is 0.175. The zero-order chi connectivity index (χ0) is 13.0. The van der Waals surface area contributed by atoms with Crippen LogP contribution in [0.5, 0.6) is 0 Å². The Hall–Kier alpha value is -0.410. The van der Waals surface area contributed by atoms with Crippen LogP contribution in [0.25, 0.3) is 0 Å². The van der Waals surface area contributed by atoms with Gasteiger partial charge in [-0.05, 0) is 37.8 Å². The van der Waals surface area contributed by atoms with Crippen molar-refractivity contribution >= 4 is 5.78 Å². The first-order valence-electron chi connectivity index (χ1n) is 7.52. The monoisotopic (exact) mass is 253 g/mol. The van der Waals surface area contributed by atoms with E-state index in [2.05, 4.69) is 18.7 Å². The molecular formula is C15H27NO2. The van der Waals surface area contributed by atoms with E-state index in [-0.39, 0.29) is 5.92 Å². The summed E-state index contributed by atoms with van der Waals surface area (Å²) in [6.45, 7) is 8.88. The Morgan fingerprint density at radius 3 is 2.44 bits per heavy atom. The highest BCUT2D eigenvalue weighted by atomic mass is 16.5. The van der Waals surface area contributed by atoms with Crippen LogP contribution in [-0.2, 0) is 9.53 Å². The van der Waals surface area contributed by atoms with E-state index >= 15 is 0 Å². The van der Waals surface area contributed by atoms with Crippen LogP contribution < -0.4 is 0 Å². The summed E-state index contributed by atoms with van der Waals surface area (Å²) in [6, 6.07) is 0. The maximum absolute atomic E-state index is 12.1. The Bertz CT molecular complexity index is 270. The van der Waals surface area contributed by atoms with Crippen LogP contribution in [0.1, 0.15) is 46.0 Å². The number of hydrogen-bond donors (Lipinski definition) is 0. The second-order valence-corrected chi connectivity index (χ2v) is 6.01. The molecule has 0 radical (unpaired) electrons. The third kappa shape index (κ3) is 3.12. The highest BCUT2D eigenvalue weighted by Gasteiger charge is 2.33. The van der Waals surface area contributed by atoms with Crippen molar-refractivity contribution < 1.29 is 9.53 Å². The van der Waals surface area contributed by atoms with Gasteiger partial charge in [0.1, 0.15) is 0 Å². The molecule has 2 aliphatic rings. The maximum atomic E-state index is 12.1. The lowest BCUT2D eigenvalue weighted by Crippen LogP contribution is -2.43. The van der Waals surface area contributed by atoms with Gasteiger partial charge in [-0.25, -0.2) is 0 Å². The van der Waals surface area contributed by atoms with Gasteiger partial charge in [-0.1, -0.05) is 26.7 Å². The average molecular weight is 253 g/mol. The minimum Gasteiger partial charge on any atom is -0.381 e. The van der Waals surface area contributed by atoms with Crippen LogP contribution >= 0.6 is 0 Å². The molecule has 1 atom stereocenters. The number of rotatable bonds is 5. The minimum absolute atomic E-state index is 0.175. The van der Waals surface area contributed by atoms with Gasteiger partial charge in [-0.2, -0.15) is 0 Å². The van der Waals surface area contributed by atoms with Crippen LogP contribution in [0, 0.1) is 11.3 Å². The molecule has 0 saturated carbocycles. The quantitative estimate of drug-likeness (QED) is 0.754. The van der Waals surface area contributed by atoms with Crippen LogP contribution in [0.15, 0.2) is 0 Å². The molecule has 0 N–H and O–H groups in total. The second kappa shape index (κ2) is 6.16. The van der Waals surface area contributed by atoms with Gasteiger partial charge in [0.25, 0.3) is 0 Å². The Balaban J connectivity index is 1.77. The lowest BCUT2D eigenvalue weighted by molar-refractivity contribution is -0.124. The van der Waals surface area contributed by atoms with E-state index in [1.807, 2.05) is 0 Å². The molecule has 3 heteroatoms. The van der Waals surface area contributed by atoms with E-state index in [4.69, 9.17) is 4.74 Å². The van der Waals surface area contributed by atoms with Crippen molar-refractivity contribution in [2.75, 3.05) is 32.8 Å². The van der Waals surface area contributed by atoms with Crippen molar-refractivity contribution in [2.24, 2.45) is 11.3 Å². The fraction of sp³-hybridized carbons (Fsp3) is 0.933. The molecule has 2 saturated heterocycles. The van der Waals surface area contributed by atoms with Gasteiger partial charge >= 0.3 is 0 Å². The largest absolute Gasteiger partial charge is 0.381 e. The van der Waals surface area contributed by atoms with Crippen LogP contribution in [0.3, 0.4) is 0 Å². The van der Waals surface area contributed by atoms with Crippen molar-refractivity contribution in [3.63, 3.8) is 0 Å². The second-order valence-electron chi connectivity index (χ2n) is 6.01. The number of nitrogens with zero attached hydrogens (tertiary/aromatic N) is 1. The molecule has 0 aliphatic carbocycles. The first kappa shape index (κ1) is 14.0. The van der Waals surface area contributed by atoms with Gasteiger partial charge in [0.05, 0.1) is 13.2 Å². The van der Waals surface area contributed by atoms with Crippen molar-refractivity contribution in [3.8, 4) is 0 Å². The van der Waals surface area contributed by atoms with Gasteiger partial charge in [0.15, 0.2) is 5.78 Å². The summed E-state index contributed by atoms with van der Waals surface area (Å²) in [5, 5.41) is 0. The first-order valence-corrected chi connectivity index (χ1v) is 7.52. The molecule has 2 rings (SSSR count). The normalized spacial score (nSPS) is 28.4. The maximum Gasteiger partial charge on any atom is 0.152 e. The van der Waals surface area contributed by atoms with Crippen LogP contribution in [0.4, 0.5) is 0 Å². The molecule has 2 aliphatic heterocycles. The molecule has 0 aromatic rings. The summed E-state index contributed by atoms with van der Waals surface area (Å²) >= 11 is 0. The molecule has 0 aromatic carbocycles. The molecule has 104 valence electrons. The van der Waals surface area contributed by atoms with E-state index in [0.29, 0.717) is 24.3 Å². The average Bonchev–Trinajstić information content (AvgIpc) is 2.94. The van der Waals surface area contributed by atoms with E-state index in [1.54, 1.807) is 0 Å². The Labute approximate surface area is 111 Å². The standard InChI is InChI=1S/C15H27NO2/c1-3-15(4-2)6-8-16(9-7-15)11-14(17)13-5-10-18-12-13/h13H,3-12H2,1-2H3. The zero-order valence-electron chi connectivity index (χ0n) is 11.9. The molecular weight excluding hydrogens is 226 g/mol. The van der Waals surface area contributed by atoms with E-state index in [1.165, 1.54) is 25.7 Å². The summed E-state index contributed by atoms with van der Waals surface area (Å²) in [4.78, 5) is 14.4. The van der Waals surface area contributed by atoms with Crippen molar-refractivity contribution in [2.45, 2.75) is 46.0 Å². The van der Waals surface area contributed by atoms with Crippen LogP contribution in [0.2, 0.25) is 0 Å². The van der Waals surface area contributed by atoms with E-state index in [0.717, 1.165) is 26.1 Å². The van der Waals surface area contributed by atoms with Gasteiger partial charge in [-0.3, -0.25) is 9.69 Å². The fourth-order valence-corrected chi connectivity index (χ4v) is 3.28. The number of Topliss-reactive ketones (excluding diaryl/α,β-unsaturated/α-hetero) is 1. The Morgan fingerprint density at radius 1 is 1.28 bits per heavy atom. The highest BCUT2D eigenvalue weighted by molar-refractivity contribution is 5.83. The summed E-state index contributed by atoms with van der Waals surface area (Å²) < 4.78 is 5.30. The molecule has 0 spiro atoms. The molecule has 3 nitrogen and oxygen atoms in total. The molecule has 2 heterocycles. The number of carbonyl (C=O) groups is 1. The number of hydrogen-bond acceptors (Lipinski definition) is 3. The van der Waals surface area contributed by atoms with Gasteiger partial charge in [0, 0.05) is 12.5 Å². The topological polar surface area (TPSA) is 29.5 Å². The Morgan fingerprint density at radius 2 is 1.94 bits per heavy atom. The summed E-state index contributed by atoms with van der Waals surface area (Å²) in [5.41, 5.74) is 0.552. The summed E-state index contributed by atoms with van der Waals surface area (Å²) in [5.74, 6) is 0.571. The number of likely N-dealkylation sites (tertiary alicyclic amines) is 1. The smallest absolute Gasteiger partial charge is 0.152 e. The fourth-order valence-electron chi connectivity index (χ4n) is 3.28. The van der Waals surface area contributed by atoms with Crippen LogP contribution in [-0.4, -0.2) is 43.5 Å². The Kier molecular flexibility index (Phi) is 4.79. The number of ketones is 1. The molecule has 0 bridgehead atoms. The number of ether oxygens (including phenoxy) is 1. The predicted molar refractivity (Wildman–Crippen MR) is 72.6 cm³/mol. The van der Waals surface area contributed by atoms with Crippen molar-refractivity contribution in [3.05, 3.63) is 0 Å². The highest BCUT2D eigenvalue weighted by Crippen LogP contribution is 2.37. The van der Waals surface area contributed by atoms with Gasteiger partial charge < -0.3 is 4.74 Å². The summed E-state index contributed by atoms with van der Waals surface area (Å²) in [6.07, 6.45) is 6.01. The molecule has 2 fully saturated rings. The SMILES string of the molecule is CCC1(CC)CCN(CC(=O)C2CCOC2)CC1. The molecule has 0 aromatic heterocycles. The third-order valence-corrected chi connectivity index (χ3v) is 5.18. The number of piperidine rings is 1. The van der Waals surface area contributed by atoms with Crippen molar-refractivity contribution in [1.82, 2.24) is 4.90 Å². The predicted octanol–water partition coefficient (Wildman–Crippen LogP) is 2.49. The van der Waals surface area contributed by atoms with E-state index in [9.17, 15) is 4.79 Å². The van der Waals surface area contributed by atoms with Gasteiger partial charge in [-0.15, -0.1) is 0 Å².